The number of hydrogen-bond donors (Lipinski definition) is 0. The molecule has 8 heteroatoms. The first-order valence-corrected chi connectivity index (χ1v) is 10.4. The maximum Gasteiger partial charge on any atom is 0.243 e. The van der Waals surface area contributed by atoms with E-state index in [1.165, 1.54) is 12.8 Å². The van der Waals surface area contributed by atoms with Gasteiger partial charge < -0.3 is 4.57 Å². The van der Waals surface area contributed by atoms with Crippen LogP contribution < -0.4 is 0 Å². The van der Waals surface area contributed by atoms with Gasteiger partial charge in [-0.1, -0.05) is 11.6 Å². The van der Waals surface area contributed by atoms with Gasteiger partial charge in [-0.25, -0.2) is 8.42 Å². The quantitative estimate of drug-likeness (QED) is 0.817. The Balaban J connectivity index is 1.49. The topological polar surface area (TPSA) is 68.1 Å². The van der Waals surface area contributed by atoms with Gasteiger partial charge in [-0.3, -0.25) is 0 Å². The molecule has 0 amide bonds. The zero-order valence-corrected chi connectivity index (χ0v) is 15.7. The number of halogens is 1. The Morgan fingerprint density at radius 1 is 1.16 bits per heavy atom. The van der Waals surface area contributed by atoms with Gasteiger partial charge in [0, 0.05) is 30.1 Å². The predicted molar refractivity (Wildman–Crippen MR) is 95.2 cm³/mol. The van der Waals surface area contributed by atoms with Crippen LogP contribution in [0.4, 0.5) is 0 Å². The van der Waals surface area contributed by atoms with Crippen LogP contribution in [0.15, 0.2) is 29.4 Å². The van der Waals surface area contributed by atoms with Gasteiger partial charge in [0.1, 0.15) is 12.2 Å². The molecule has 1 aromatic heterocycles. The summed E-state index contributed by atoms with van der Waals surface area (Å²) in [5.74, 6) is 1.61. The summed E-state index contributed by atoms with van der Waals surface area (Å²) in [6, 6.07) is 5.16. The molecule has 2 fully saturated rings. The first-order valence-electron chi connectivity index (χ1n) is 8.62. The molecule has 2 aromatic rings. The lowest BCUT2D eigenvalue weighted by molar-refractivity contribution is 0.270. The zero-order chi connectivity index (χ0) is 17.6. The van der Waals surface area contributed by atoms with Gasteiger partial charge in [0.2, 0.25) is 10.0 Å². The fourth-order valence-corrected chi connectivity index (χ4v) is 5.13. The monoisotopic (exact) mass is 380 g/mol. The Morgan fingerprint density at radius 3 is 2.52 bits per heavy atom. The lowest BCUT2D eigenvalue weighted by Crippen LogP contribution is -2.39. The molecule has 2 heterocycles. The summed E-state index contributed by atoms with van der Waals surface area (Å²) in [6.45, 7) is 2.84. The van der Waals surface area contributed by atoms with E-state index in [1.54, 1.807) is 28.8 Å². The molecule has 2 aliphatic rings. The van der Waals surface area contributed by atoms with E-state index in [0.29, 0.717) is 28.9 Å². The number of rotatable bonds is 4. The van der Waals surface area contributed by atoms with Crippen molar-refractivity contribution in [3.8, 4) is 0 Å². The second-order valence-corrected chi connectivity index (χ2v) is 9.26. The number of nitrogens with zero attached hydrogens (tertiary/aromatic N) is 4. The van der Waals surface area contributed by atoms with Crippen molar-refractivity contribution in [2.45, 2.75) is 49.5 Å². The summed E-state index contributed by atoms with van der Waals surface area (Å²) in [7, 11) is -3.47. The van der Waals surface area contributed by atoms with Crippen molar-refractivity contribution in [1.82, 2.24) is 19.1 Å². The van der Waals surface area contributed by atoms with E-state index in [2.05, 4.69) is 14.8 Å². The van der Waals surface area contributed by atoms with Gasteiger partial charge in [-0.05, 0) is 56.4 Å². The molecule has 0 atom stereocenters. The summed E-state index contributed by atoms with van der Waals surface area (Å²) in [5.41, 5.74) is 0.774. The number of sulfonamides is 1. The lowest BCUT2D eigenvalue weighted by atomic mass is 10.1. The minimum atomic E-state index is -3.47. The minimum Gasteiger partial charge on any atom is -0.314 e. The Labute approximate surface area is 152 Å². The number of aryl methyl sites for hydroxylation is 1. The molecule has 0 N–H and O–H groups in total. The van der Waals surface area contributed by atoms with Crippen LogP contribution >= 0.6 is 11.6 Å². The molecule has 0 spiro atoms. The van der Waals surface area contributed by atoms with Gasteiger partial charge in [-0.15, -0.1) is 10.2 Å². The number of benzene rings is 1. The van der Waals surface area contributed by atoms with Crippen LogP contribution in [0, 0.1) is 6.92 Å². The fourth-order valence-electron chi connectivity index (χ4n) is 3.45. The third-order valence-electron chi connectivity index (χ3n) is 5.13. The van der Waals surface area contributed by atoms with E-state index in [0.717, 1.165) is 24.2 Å². The van der Waals surface area contributed by atoms with Crippen molar-refractivity contribution in [3.05, 3.63) is 40.9 Å². The SMILES string of the molecule is Cc1cc(S(=O)(=O)N2CCC(n3cnnc3C3CC3)CC2)ccc1Cl. The Morgan fingerprint density at radius 2 is 1.88 bits per heavy atom. The maximum absolute atomic E-state index is 12.9. The summed E-state index contributed by atoms with van der Waals surface area (Å²) in [4.78, 5) is 0.316. The molecule has 6 nitrogen and oxygen atoms in total. The molecule has 1 aliphatic carbocycles. The molecular weight excluding hydrogens is 360 g/mol. The molecule has 4 rings (SSSR count). The first kappa shape index (κ1) is 17.0. The lowest BCUT2D eigenvalue weighted by Gasteiger charge is -2.32. The van der Waals surface area contributed by atoms with Crippen LogP contribution in [-0.4, -0.2) is 40.6 Å². The van der Waals surface area contributed by atoms with Gasteiger partial charge in [0.15, 0.2) is 0 Å². The van der Waals surface area contributed by atoms with Crippen molar-refractivity contribution in [2.24, 2.45) is 0 Å². The fraction of sp³-hybridized carbons (Fsp3) is 0.529. The van der Waals surface area contributed by atoms with Crippen LogP contribution in [0.3, 0.4) is 0 Å². The van der Waals surface area contributed by atoms with Crippen molar-refractivity contribution in [2.75, 3.05) is 13.1 Å². The van der Waals surface area contributed by atoms with Crippen molar-refractivity contribution < 1.29 is 8.42 Å². The predicted octanol–water partition coefficient (Wildman–Crippen LogP) is 3.14. The van der Waals surface area contributed by atoms with E-state index >= 15 is 0 Å². The first-order chi connectivity index (χ1) is 12.0. The van der Waals surface area contributed by atoms with E-state index < -0.39 is 10.0 Å². The number of hydrogen-bond acceptors (Lipinski definition) is 4. The Kier molecular flexibility index (Phi) is 4.33. The normalized spacial score (nSPS) is 20.1. The van der Waals surface area contributed by atoms with Crippen LogP contribution in [0.2, 0.25) is 5.02 Å². The summed E-state index contributed by atoms with van der Waals surface area (Å²) < 4.78 is 29.5. The summed E-state index contributed by atoms with van der Waals surface area (Å²) in [5, 5.41) is 8.90. The van der Waals surface area contributed by atoms with Crippen molar-refractivity contribution in [1.29, 1.82) is 0 Å². The molecule has 25 heavy (non-hydrogen) atoms. The molecule has 1 saturated carbocycles. The molecule has 0 bridgehead atoms. The molecular formula is C17H21ClN4O2S. The van der Waals surface area contributed by atoms with Gasteiger partial charge >= 0.3 is 0 Å². The van der Waals surface area contributed by atoms with Crippen LogP contribution in [0.25, 0.3) is 0 Å². The molecule has 1 aliphatic heterocycles. The number of piperidine rings is 1. The number of aromatic nitrogens is 3. The smallest absolute Gasteiger partial charge is 0.243 e. The Hall–Kier alpha value is -1.44. The highest BCUT2D eigenvalue weighted by molar-refractivity contribution is 7.89. The molecule has 0 radical (unpaired) electrons. The van der Waals surface area contributed by atoms with Crippen LogP contribution in [0.1, 0.15) is 49.0 Å². The Bertz CT molecular complexity index is 884. The highest BCUT2D eigenvalue weighted by Crippen LogP contribution is 2.40. The van der Waals surface area contributed by atoms with E-state index in [1.807, 2.05) is 6.92 Å². The third kappa shape index (κ3) is 3.20. The summed E-state index contributed by atoms with van der Waals surface area (Å²) in [6.07, 6.45) is 5.72. The molecule has 0 unspecified atom stereocenters. The summed E-state index contributed by atoms with van der Waals surface area (Å²) >= 11 is 6.02. The average molecular weight is 381 g/mol. The van der Waals surface area contributed by atoms with Crippen molar-refractivity contribution in [3.63, 3.8) is 0 Å². The second kappa shape index (κ2) is 6.37. The maximum atomic E-state index is 12.9. The van der Waals surface area contributed by atoms with Gasteiger partial charge in [0.25, 0.3) is 0 Å². The zero-order valence-electron chi connectivity index (χ0n) is 14.1. The van der Waals surface area contributed by atoms with Gasteiger partial charge in [-0.2, -0.15) is 4.31 Å². The van der Waals surface area contributed by atoms with Crippen LogP contribution in [-0.2, 0) is 10.0 Å². The molecule has 134 valence electrons. The standard InChI is InChI=1S/C17H21ClN4O2S/c1-12-10-15(4-5-16(12)18)25(23,24)21-8-6-14(7-9-21)22-11-19-20-17(22)13-2-3-13/h4-5,10-11,13-14H,2-3,6-9H2,1H3. The van der Waals surface area contributed by atoms with E-state index in [9.17, 15) is 8.42 Å². The molecule has 1 saturated heterocycles. The van der Waals surface area contributed by atoms with Crippen LogP contribution in [0.5, 0.6) is 0 Å². The second-order valence-electron chi connectivity index (χ2n) is 6.92. The largest absolute Gasteiger partial charge is 0.314 e. The third-order valence-corrected chi connectivity index (χ3v) is 7.45. The van der Waals surface area contributed by atoms with Gasteiger partial charge in [0.05, 0.1) is 4.90 Å². The highest BCUT2D eigenvalue weighted by atomic mass is 35.5. The minimum absolute atomic E-state index is 0.281. The van der Waals surface area contributed by atoms with E-state index in [-0.39, 0.29) is 6.04 Å². The highest BCUT2D eigenvalue weighted by Gasteiger charge is 2.34. The molecule has 1 aromatic carbocycles. The van der Waals surface area contributed by atoms with E-state index in [4.69, 9.17) is 11.6 Å². The van der Waals surface area contributed by atoms with Crippen molar-refractivity contribution >= 4 is 21.6 Å². The average Bonchev–Trinajstić information content (AvgIpc) is 3.34.